The van der Waals surface area contributed by atoms with E-state index in [-0.39, 0.29) is 0 Å². The lowest BCUT2D eigenvalue weighted by molar-refractivity contribution is 0.199. The van der Waals surface area contributed by atoms with Gasteiger partial charge in [0.2, 0.25) is 0 Å². The van der Waals surface area contributed by atoms with Gasteiger partial charge in [0.1, 0.15) is 16.7 Å². The Hall–Kier alpha value is -1.31. The molecule has 1 unspecified atom stereocenters. The molecule has 7 heteroatoms. The second-order valence-electron chi connectivity index (χ2n) is 8.18. The quantitative estimate of drug-likeness (QED) is 0.896. The average molecular weight is 373 g/mol. The van der Waals surface area contributed by atoms with E-state index in [9.17, 15) is 0 Å². The highest BCUT2D eigenvalue weighted by Crippen LogP contribution is 2.32. The first-order valence-electron chi connectivity index (χ1n) is 10.1. The summed E-state index contributed by atoms with van der Waals surface area (Å²) in [5.41, 5.74) is 1.39. The van der Waals surface area contributed by atoms with Crippen molar-refractivity contribution in [1.29, 1.82) is 0 Å². The molecular formula is C19H28N6S. The number of nitrogens with one attached hydrogen (secondary N) is 1. The first-order valence-corrected chi connectivity index (χ1v) is 10.9. The molecule has 2 aliphatic heterocycles. The predicted octanol–water partition coefficient (Wildman–Crippen LogP) is 2.34. The van der Waals surface area contributed by atoms with Crippen LogP contribution in [0.4, 0.5) is 0 Å². The Morgan fingerprint density at radius 1 is 1.15 bits per heavy atom. The SMILES string of the molecule is CC1CCc2nc(CN3CCC(c4nnc5n4CCNC5)CC3)sc2C1. The molecule has 6 nitrogen and oxygen atoms in total. The van der Waals surface area contributed by atoms with E-state index in [1.807, 2.05) is 11.3 Å². The van der Waals surface area contributed by atoms with Gasteiger partial charge >= 0.3 is 0 Å². The molecule has 1 saturated heterocycles. The molecule has 1 fully saturated rings. The Bertz CT molecular complexity index is 773. The van der Waals surface area contributed by atoms with E-state index in [1.165, 1.54) is 48.6 Å². The van der Waals surface area contributed by atoms with Crippen LogP contribution in [0.1, 0.15) is 59.3 Å². The van der Waals surface area contributed by atoms with Gasteiger partial charge in [-0.2, -0.15) is 0 Å². The van der Waals surface area contributed by atoms with Crippen molar-refractivity contribution in [3.8, 4) is 0 Å². The molecule has 1 N–H and O–H groups in total. The van der Waals surface area contributed by atoms with E-state index in [0.717, 1.165) is 51.0 Å². The summed E-state index contributed by atoms with van der Waals surface area (Å²) < 4.78 is 2.35. The maximum atomic E-state index is 4.95. The number of thiazole rings is 1. The van der Waals surface area contributed by atoms with Crippen LogP contribution in [0.15, 0.2) is 0 Å². The lowest BCUT2D eigenvalue weighted by Crippen LogP contribution is -2.34. The van der Waals surface area contributed by atoms with Gasteiger partial charge in [-0.05, 0) is 51.1 Å². The van der Waals surface area contributed by atoms with Crippen LogP contribution in [0.5, 0.6) is 0 Å². The van der Waals surface area contributed by atoms with Crippen molar-refractivity contribution in [2.75, 3.05) is 19.6 Å². The van der Waals surface area contributed by atoms with Gasteiger partial charge in [0, 0.05) is 23.9 Å². The molecule has 0 bridgehead atoms. The molecule has 2 aromatic heterocycles. The Labute approximate surface area is 159 Å². The highest BCUT2D eigenvalue weighted by atomic mass is 32.1. The fourth-order valence-corrected chi connectivity index (χ4v) is 5.94. The summed E-state index contributed by atoms with van der Waals surface area (Å²) in [6.45, 7) is 8.59. The fraction of sp³-hybridized carbons (Fsp3) is 0.737. The highest BCUT2D eigenvalue weighted by Gasteiger charge is 2.28. The number of piperidine rings is 1. The maximum absolute atomic E-state index is 4.95. The third-order valence-corrected chi connectivity index (χ3v) is 7.30. The van der Waals surface area contributed by atoms with Crippen LogP contribution in [-0.4, -0.2) is 44.3 Å². The topological polar surface area (TPSA) is 58.9 Å². The molecule has 140 valence electrons. The van der Waals surface area contributed by atoms with Crippen molar-refractivity contribution in [3.63, 3.8) is 0 Å². The minimum atomic E-state index is 0.566. The summed E-state index contributed by atoms with van der Waals surface area (Å²) in [7, 11) is 0. The molecule has 1 aliphatic carbocycles. The lowest BCUT2D eigenvalue weighted by Gasteiger charge is -2.31. The number of likely N-dealkylation sites (tertiary alicyclic amines) is 1. The number of aryl methyl sites for hydroxylation is 1. The molecule has 0 radical (unpaired) electrons. The van der Waals surface area contributed by atoms with Crippen LogP contribution in [0.25, 0.3) is 0 Å². The maximum Gasteiger partial charge on any atom is 0.147 e. The zero-order valence-corrected chi connectivity index (χ0v) is 16.4. The van der Waals surface area contributed by atoms with Crippen molar-refractivity contribution >= 4 is 11.3 Å². The van der Waals surface area contributed by atoms with E-state index in [2.05, 4.69) is 31.9 Å². The summed E-state index contributed by atoms with van der Waals surface area (Å²) in [5, 5.41) is 13.6. The molecular weight excluding hydrogens is 344 g/mol. The van der Waals surface area contributed by atoms with Crippen molar-refractivity contribution in [2.45, 2.75) is 64.6 Å². The van der Waals surface area contributed by atoms with Crippen molar-refractivity contribution in [3.05, 3.63) is 27.2 Å². The predicted molar refractivity (Wildman–Crippen MR) is 102 cm³/mol. The van der Waals surface area contributed by atoms with Crippen LogP contribution >= 0.6 is 11.3 Å². The number of nitrogens with zero attached hydrogens (tertiary/aromatic N) is 5. The Morgan fingerprint density at radius 3 is 2.92 bits per heavy atom. The number of aromatic nitrogens is 4. The van der Waals surface area contributed by atoms with Crippen molar-refractivity contribution in [2.24, 2.45) is 5.92 Å². The summed E-state index contributed by atoms with van der Waals surface area (Å²) >= 11 is 1.96. The van der Waals surface area contributed by atoms with Crippen LogP contribution in [0.3, 0.4) is 0 Å². The first-order chi connectivity index (χ1) is 12.8. The third-order valence-electron chi connectivity index (χ3n) is 6.19. The first kappa shape index (κ1) is 16.8. The molecule has 1 atom stereocenters. The second-order valence-corrected chi connectivity index (χ2v) is 9.35. The molecule has 26 heavy (non-hydrogen) atoms. The Kier molecular flexibility index (Phi) is 4.54. The lowest BCUT2D eigenvalue weighted by atomic mass is 9.93. The number of fused-ring (bicyclic) bond motifs is 2. The standard InChI is InChI=1S/C19H28N6S/c1-13-2-3-15-16(10-13)26-18(21-15)12-24-7-4-14(5-8-24)19-23-22-17-11-20-6-9-25(17)19/h13-14,20H,2-12H2,1H3. The van der Waals surface area contributed by atoms with E-state index in [0.29, 0.717) is 5.92 Å². The van der Waals surface area contributed by atoms with Gasteiger partial charge in [0.05, 0.1) is 18.8 Å². The minimum Gasteiger partial charge on any atom is -0.312 e. The monoisotopic (exact) mass is 372 g/mol. The van der Waals surface area contributed by atoms with E-state index in [4.69, 9.17) is 4.98 Å². The fourth-order valence-electron chi connectivity index (χ4n) is 4.62. The van der Waals surface area contributed by atoms with Crippen LogP contribution in [0, 0.1) is 5.92 Å². The van der Waals surface area contributed by atoms with E-state index in [1.54, 1.807) is 4.88 Å². The van der Waals surface area contributed by atoms with Gasteiger partial charge in [0.25, 0.3) is 0 Å². The smallest absolute Gasteiger partial charge is 0.147 e. The second kappa shape index (κ2) is 7.02. The molecule has 4 heterocycles. The normalized spacial score (nSPS) is 24.4. The minimum absolute atomic E-state index is 0.566. The molecule has 0 saturated carbocycles. The van der Waals surface area contributed by atoms with Crippen LogP contribution < -0.4 is 5.32 Å². The number of rotatable bonds is 3. The van der Waals surface area contributed by atoms with Gasteiger partial charge in [-0.1, -0.05) is 6.92 Å². The number of hydrogen-bond donors (Lipinski definition) is 1. The molecule has 2 aromatic rings. The zero-order chi connectivity index (χ0) is 17.5. The van der Waals surface area contributed by atoms with Gasteiger partial charge in [0.15, 0.2) is 0 Å². The van der Waals surface area contributed by atoms with E-state index >= 15 is 0 Å². The molecule has 3 aliphatic rings. The summed E-state index contributed by atoms with van der Waals surface area (Å²) in [6, 6.07) is 0. The van der Waals surface area contributed by atoms with Crippen molar-refractivity contribution < 1.29 is 0 Å². The molecule has 5 rings (SSSR count). The summed E-state index contributed by atoms with van der Waals surface area (Å²) in [6.07, 6.45) is 6.10. The van der Waals surface area contributed by atoms with Gasteiger partial charge in [-0.25, -0.2) is 4.98 Å². The van der Waals surface area contributed by atoms with Gasteiger partial charge in [-0.15, -0.1) is 21.5 Å². The van der Waals surface area contributed by atoms with Crippen LogP contribution in [0.2, 0.25) is 0 Å². The molecule has 0 amide bonds. The zero-order valence-electron chi connectivity index (χ0n) is 15.6. The van der Waals surface area contributed by atoms with Crippen LogP contribution in [-0.2, 0) is 32.5 Å². The highest BCUT2D eigenvalue weighted by molar-refractivity contribution is 7.11. The largest absolute Gasteiger partial charge is 0.312 e. The number of hydrogen-bond acceptors (Lipinski definition) is 6. The van der Waals surface area contributed by atoms with E-state index < -0.39 is 0 Å². The summed E-state index contributed by atoms with van der Waals surface area (Å²) in [5.74, 6) is 3.72. The average Bonchev–Trinajstić information content (AvgIpc) is 3.25. The summed E-state index contributed by atoms with van der Waals surface area (Å²) in [4.78, 5) is 9.09. The van der Waals surface area contributed by atoms with Gasteiger partial charge < -0.3 is 9.88 Å². The third kappa shape index (κ3) is 3.21. The van der Waals surface area contributed by atoms with Gasteiger partial charge in [-0.3, -0.25) is 4.90 Å². The molecule has 0 aromatic carbocycles. The van der Waals surface area contributed by atoms with Crippen molar-refractivity contribution in [1.82, 2.24) is 30.0 Å². The Balaban J connectivity index is 1.21. The molecule has 0 spiro atoms. The Morgan fingerprint density at radius 2 is 2.04 bits per heavy atom.